The third-order valence-corrected chi connectivity index (χ3v) is 3.95. The molecule has 2 rings (SSSR count). The molecule has 0 bridgehead atoms. The lowest BCUT2D eigenvalue weighted by Gasteiger charge is -2.21. The predicted octanol–water partition coefficient (Wildman–Crippen LogP) is 3.63. The Balaban J connectivity index is 2.30. The predicted molar refractivity (Wildman–Crippen MR) is 76.3 cm³/mol. The SMILES string of the molecule is O=P(O)(O)[C@@H](Nc1ccc(Cl)cc1)c1ccccc1. The molecule has 100 valence electrons. The summed E-state index contributed by atoms with van der Waals surface area (Å²) in [5.74, 6) is -1.07. The van der Waals surface area contributed by atoms with Gasteiger partial charge in [0, 0.05) is 10.7 Å². The highest BCUT2D eigenvalue weighted by molar-refractivity contribution is 7.52. The molecule has 0 aromatic heterocycles. The van der Waals surface area contributed by atoms with Crippen molar-refractivity contribution in [3.63, 3.8) is 0 Å². The van der Waals surface area contributed by atoms with Gasteiger partial charge in [-0.1, -0.05) is 41.9 Å². The van der Waals surface area contributed by atoms with E-state index in [4.69, 9.17) is 11.6 Å². The van der Waals surface area contributed by atoms with Crippen molar-refractivity contribution in [3.05, 3.63) is 65.2 Å². The van der Waals surface area contributed by atoms with Gasteiger partial charge in [0.15, 0.2) is 5.78 Å². The lowest BCUT2D eigenvalue weighted by atomic mass is 10.2. The van der Waals surface area contributed by atoms with Gasteiger partial charge in [-0.15, -0.1) is 0 Å². The first-order valence-electron chi connectivity index (χ1n) is 5.59. The molecule has 0 saturated heterocycles. The summed E-state index contributed by atoms with van der Waals surface area (Å²) in [5.41, 5.74) is 1.13. The van der Waals surface area contributed by atoms with Gasteiger partial charge < -0.3 is 15.1 Å². The van der Waals surface area contributed by atoms with Gasteiger partial charge in [0.25, 0.3) is 0 Å². The highest BCUT2D eigenvalue weighted by Gasteiger charge is 2.30. The Labute approximate surface area is 116 Å². The maximum atomic E-state index is 11.6. The molecule has 0 amide bonds. The molecule has 0 radical (unpaired) electrons. The van der Waals surface area contributed by atoms with Crippen LogP contribution in [0.2, 0.25) is 5.02 Å². The summed E-state index contributed by atoms with van der Waals surface area (Å²) in [6, 6.07) is 15.3. The lowest BCUT2D eigenvalue weighted by Crippen LogP contribution is -2.11. The van der Waals surface area contributed by atoms with Gasteiger partial charge >= 0.3 is 7.60 Å². The van der Waals surface area contributed by atoms with Crippen LogP contribution in [0.1, 0.15) is 11.3 Å². The molecular weight excluding hydrogens is 285 g/mol. The molecule has 0 fully saturated rings. The zero-order valence-corrected chi connectivity index (χ0v) is 11.6. The molecule has 0 aliphatic rings. The van der Waals surface area contributed by atoms with Crippen molar-refractivity contribution in [2.75, 3.05) is 5.32 Å². The van der Waals surface area contributed by atoms with Crippen LogP contribution in [0.4, 0.5) is 5.69 Å². The van der Waals surface area contributed by atoms with Gasteiger partial charge in [0.1, 0.15) is 0 Å². The molecule has 0 heterocycles. The number of hydrogen-bond acceptors (Lipinski definition) is 2. The van der Waals surface area contributed by atoms with Crippen LogP contribution in [0.25, 0.3) is 0 Å². The van der Waals surface area contributed by atoms with Crippen LogP contribution in [0.5, 0.6) is 0 Å². The second-order valence-corrected chi connectivity index (χ2v) is 6.18. The normalized spacial score (nSPS) is 13.0. The fourth-order valence-electron chi connectivity index (χ4n) is 1.70. The molecular formula is C13H13ClNO3P. The number of benzene rings is 2. The lowest BCUT2D eigenvalue weighted by molar-refractivity contribution is 0.363. The second kappa shape index (κ2) is 5.76. The van der Waals surface area contributed by atoms with Gasteiger partial charge in [-0.2, -0.15) is 0 Å². The van der Waals surface area contributed by atoms with E-state index in [0.29, 0.717) is 16.3 Å². The second-order valence-electron chi connectivity index (χ2n) is 4.05. The van der Waals surface area contributed by atoms with Gasteiger partial charge in [-0.05, 0) is 29.8 Å². The van der Waals surface area contributed by atoms with E-state index in [1.165, 1.54) is 0 Å². The molecule has 6 heteroatoms. The molecule has 3 N–H and O–H groups in total. The van der Waals surface area contributed by atoms with Crippen molar-refractivity contribution < 1.29 is 14.4 Å². The molecule has 0 unspecified atom stereocenters. The van der Waals surface area contributed by atoms with Crippen LogP contribution in [-0.2, 0) is 4.57 Å². The van der Waals surface area contributed by atoms with Crippen LogP contribution in [0.3, 0.4) is 0 Å². The molecule has 0 spiro atoms. The number of hydrogen-bond donors (Lipinski definition) is 3. The molecule has 4 nitrogen and oxygen atoms in total. The molecule has 0 aliphatic heterocycles. The van der Waals surface area contributed by atoms with E-state index in [2.05, 4.69) is 5.32 Å². The Morgan fingerprint density at radius 2 is 1.58 bits per heavy atom. The highest BCUT2D eigenvalue weighted by atomic mass is 35.5. The van der Waals surface area contributed by atoms with E-state index in [-0.39, 0.29) is 0 Å². The number of anilines is 1. The van der Waals surface area contributed by atoms with Crippen LogP contribution >= 0.6 is 19.2 Å². The Bertz CT molecular complexity index is 583. The quantitative estimate of drug-likeness (QED) is 0.754. The minimum atomic E-state index is -4.32. The van der Waals surface area contributed by atoms with Crippen molar-refractivity contribution in [1.29, 1.82) is 0 Å². The average molecular weight is 298 g/mol. The van der Waals surface area contributed by atoms with E-state index in [9.17, 15) is 14.4 Å². The first-order chi connectivity index (χ1) is 8.97. The van der Waals surface area contributed by atoms with E-state index in [1.807, 2.05) is 0 Å². The maximum absolute atomic E-state index is 11.6. The average Bonchev–Trinajstić information content (AvgIpc) is 2.37. The maximum Gasteiger partial charge on any atom is 0.352 e. The summed E-state index contributed by atoms with van der Waals surface area (Å²) in [6.07, 6.45) is 0. The van der Waals surface area contributed by atoms with E-state index in [0.717, 1.165) is 0 Å². The van der Waals surface area contributed by atoms with Crippen molar-refractivity contribution >= 4 is 24.9 Å². The summed E-state index contributed by atoms with van der Waals surface area (Å²) >= 11 is 5.77. The highest BCUT2D eigenvalue weighted by Crippen LogP contribution is 2.51. The fourth-order valence-corrected chi connectivity index (χ4v) is 2.70. The van der Waals surface area contributed by atoms with E-state index >= 15 is 0 Å². The zero-order chi connectivity index (χ0) is 13.9. The van der Waals surface area contributed by atoms with Gasteiger partial charge in [0.05, 0.1) is 0 Å². The Kier molecular flexibility index (Phi) is 4.27. The standard InChI is InChI=1S/C13H13ClNO3P/c14-11-6-8-12(9-7-11)15-13(19(16,17)18)10-4-2-1-3-5-10/h1-9,13,15H,(H2,16,17,18)/t13-/m1/s1. The third-order valence-electron chi connectivity index (χ3n) is 2.60. The number of nitrogens with one attached hydrogen (secondary N) is 1. The summed E-state index contributed by atoms with van der Waals surface area (Å²) < 4.78 is 11.6. The largest absolute Gasteiger partial charge is 0.368 e. The monoisotopic (exact) mass is 297 g/mol. The van der Waals surface area contributed by atoms with Crippen LogP contribution in [0, 0.1) is 0 Å². The Morgan fingerprint density at radius 3 is 2.11 bits per heavy atom. The zero-order valence-electron chi connectivity index (χ0n) is 9.90. The molecule has 2 aromatic rings. The topological polar surface area (TPSA) is 69.6 Å². The summed E-state index contributed by atoms with van der Waals surface area (Å²) in [5, 5.41) is 3.41. The smallest absolute Gasteiger partial charge is 0.352 e. The van der Waals surface area contributed by atoms with Gasteiger partial charge in [0.2, 0.25) is 0 Å². The molecule has 19 heavy (non-hydrogen) atoms. The molecule has 1 atom stereocenters. The molecule has 0 aliphatic carbocycles. The van der Waals surface area contributed by atoms with Crippen LogP contribution in [0.15, 0.2) is 54.6 Å². The number of rotatable bonds is 4. The van der Waals surface area contributed by atoms with E-state index in [1.54, 1.807) is 54.6 Å². The first kappa shape index (κ1) is 14.1. The first-order valence-corrected chi connectivity index (χ1v) is 7.65. The number of halogens is 1. The summed E-state index contributed by atoms with van der Waals surface area (Å²) in [4.78, 5) is 18.9. The minimum Gasteiger partial charge on any atom is -0.368 e. The summed E-state index contributed by atoms with van der Waals surface area (Å²) in [6.45, 7) is 0. The van der Waals surface area contributed by atoms with Gasteiger partial charge in [-0.25, -0.2) is 0 Å². The van der Waals surface area contributed by atoms with Crippen molar-refractivity contribution in [3.8, 4) is 0 Å². The van der Waals surface area contributed by atoms with Crippen LogP contribution in [-0.4, -0.2) is 9.79 Å². The van der Waals surface area contributed by atoms with Crippen molar-refractivity contribution in [1.82, 2.24) is 0 Å². The fraction of sp³-hybridized carbons (Fsp3) is 0.0769. The minimum absolute atomic E-state index is 0.533. The molecule has 2 aromatic carbocycles. The molecule has 0 saturated carbocycles. The Morgan fingerprint density at radius 1 is 1.00 bits per heavy atom. The summed E-state index contributed by atoms with van der Waals surface area (Å²) in [7, 11) is -4.32. The third kappa shape index (κ3) is 3.82. The van der Waals surface area contributed by atoms with E-state index < -0.39 is 13.4 Å². The van der Waals surface area contributed by atoms with Crippen molar-refractivity contribution in [2.24, 2.45) is 0 Å². The van der Waals surface area contributed by atoms with Crippen LogP contribution < -0.4 is 5.32 Å². The Hall–Kier alpha value is -1.32. The van der Waals surface area contributed by atoms with Gasteiger partial charge in [-0.3, -0.25) is 4.57 Å². The van der Waals surface area contributed by atoms with Crippen molar-refractivity contribution in [2.45, 2.75) is 5.78 Å².